The minimum absolute atomic E-state index is 0.0118. The van der Waals surface area contributed by atoms with Crippen molar-refractivity contribution in [3.63, 3.8) is 0 Å². The van der Waals surface area contributed by atoms with Crippen LogP contribution in [0.5, 0.6) is 0 Å². The number of aromatic nitrogens is 2. The third-order valence-electron chi connectivity index (χ3n) is 12.8. The smallest absolute Gasteiger partial charge is 0.179 e. The van der Waals surface area contributed by atoms with Gasteiger partial charge in [-0.25, -0.2) is 9.97 Å². The first-order valence-electron chi connectivity index (χ1n) is 20.0. The highest BCUT2D eigenvalue weighted by atomic mass is 15.5. The van der Waals surface area contributed by atoms with Crippen molar-refractivity contribution in [3.05, 3.63) is 187 Å². The summed E-state index contributed by atoms with van der Waals surface area (Å²) in [4.78, 5) is 21.3. The summed E-state index contributed by atoms with van der Waals surface area (Å²) >= 11 is 0. The zero-order valence-corrected chi connectivity index (χ0v) is 31.9. The van der Waals surface area contributed by atoms with Gasteiger partial charge in [-0.1, -0.05) is 109 Å². The molecule has 0 fully saturated rings. The number of anilines is 8. The molecule has 5 heterocycles. The molecule has 0 amide bonds. The Morgan fingerprint density at radius 1 is 0.491 bits per heavy atom. The van der Waals surface area contributed by atoms with Gasteiger partial charge in [0.1, 0.15) is 12.3 Å². The molecule has 1 aromatic heterocycles. The molecule has 0 radical (unpaired) electrons. The van der Waals surface area contributed by atoms with Crippen molar-refractivity contribution < 1.29 is 0 Å². The van der Waals surface area contributed by atoms with E-state index in [1.165, 1.54) is 61.5 Å². The van der Waals surface area contributed by atoms with E-state index >= 15 is 0 Å². The first-order chi connectivity index (χ1) is 28.0. The van der Waals surface area contributed by atoms with Crippen LogP contribution in [0.25, 0.3) is 27.4 Å². The van der Waals surface area contributed by atoms with Gasteiger partial charge in [0.15, 0.2) is 11.6 Å². The highest BCUT2D eigenvalue weighted by Gasteiger charge is 2.59. The molecule has 6 heteroatoms. The minimum Gasteiger partial charge on any atom is -0.318 e. The third-order valence-corrected chi connectivity index (χ3v) is 12.8. The quantitative estimate of drug-likeness (QED) is 0.176. The van der Waals surface area contributed by atoms with Gasteiger partial charge in [0, 0.05) is 34.5 Å². The van der Waals surface area contributed by atoms with Crippen LogP contribution >= 0.6 is 0 Å². The molecule has 4 aliphatic heterocycles. The Hall–Kier alpha value is -6.92. The van der Waals surface area contributed by atoms with Crippen LogP contribution in [0.2, 0.25) is 0 Å². The Balaban J connectivity index is 1.21. The summed E-state index contributed by atoms with van der Waals surface area (Å²) in [7, 11) is 0. The number of nitrogens with zero attached hydrogens (tertiary/aromatic N) is 6. The van der Waals surface area contributed by atoms with Crippen molar-refractivity contribution >= 4 is 73.1 Å². The SMILES string of the molecule is C=C1CC2c3ccccc3N3c4nc5ccccc5nc4N(c4ccccc4)C3C2C2N(c3ccc(C)cc3)c3cc4ccccc4cc3N2c2ccc(C)cc21. The summed E-state index contributed by atoms with van der Waals surface area (Å²) in [6.07, 6.45) is 0.493. The fourth-order valence-corrected chi connectivity index (χ4v) is 10.3. The highest BCUT2D eigenvalue weighted by Crippen LogP contribution is 2.63. The van der Waals surface area contributed by atoms with E-state index in [-0.39, 0.29) is 24.2 Å². The predicted molar refractivity (Wildman–Crippen MR) is 235 cm³/mol. The molecule has 6 nitrogen and oxygen atoms in total. The standard InChI is InChI=1S/C51H40N6/c1-31-21-24-37(25-22-31)54-45-29-34-13-7-8-14-35(34)30-46(45)56-44-26-23-32(2)27-39(44)33(3)28-40-38-17-9-12-20-43(38)57-49-48(52-41-18-10-11-19-42(41)53-49)55(36-15-5-4-6-16-36)51(57)47(40)50(54)56/h4-27,29-30,40,47,50-51H,3,28H2,1-2H3. The lowest BCUT2D eigenvalue weighted by atomic mass is 9.71. The van der Waals surface area contributed by atoms with Gasteiger partial charge in [0.05, 0.1) is 28.1 Å². The number of aryl methyl sites for hydroxylation is 2. The van der Waals surface area contributed by atoms with Gasteiger partial charge in [-0.2, -0.15) is 0 Å². The molecule has 0 bridgehead atoms. The number of hydrogen-bond acceptors (Lipinski definition) is 6. The van der Waals surface area contributed by atoms with E-state index in [1.54, 1.807) is 0 Å². The molecular formula is C51H40N6. The van der Waals surface area contributed by atoms with Gasteiger partial charge in [-0.3, -0.25) is 0 Å². The second-order valence-corrected chi connectivity index (χ2v) is 16.1. The lowest BCUT2D eigenvalue weighted by Gasteiger charge is -2.53. The number of allylic oxidation sites excluding steroid dienone is 1. The van der Waals surface area contributed by atoms with Gasteiger partial charge in [-0.05, 0) is 109 Å². The van der Waals surface area contributed by atoms with Crippen LogP contribution in [-0.2, 0) is 0 Å². The average Bonchev–Trinajstić information content (AvgIpc) is 3.74. The molecule has 4 atom stereocenters. The molecule has 0 aliphatic carbocycles. The minimum atomic E-state index is -0.178. The Morgan fingerprint density at radius 3 is 1.81 bits per heavy atom. The predicted octanol–water partition coefficient (Wildman–Crippen LogP) is 12.5. The van der Waals surface area contributed by atoms with Crippen LogP contribution in [-0.4, -0.2) is 22.3 Å². The van der Waals surface area contributed by atoms with Crippen LogP contribution in [0.4, 0.5) is 45.8 Å². The molecule has 0 N–H and O–H groups in total. The summed E-state index contributed by atoms with van der Waals surface area (Å²) in [6, 6.07) is 57.8. The molecule has 12 rings (SSSR count). The molecule has 0 saturated carbocycles. The molecule has 7 aromatic carbocycles. The van der Waals surface area contributed by atoms with E-state index in [1.807, 2.05) is 0 Å². The van der Waals surface area contributed by atoms with Crippen LogP contribution < -0.4 is 19.6 Å². The van der Waals surface area contributed by atoms with Crippen LogP contribution in [0, 0.1) is 19.8 Å². The number of para-hydroxylation sites is 4. The Morgan fingerprint density at radius 2 is 1.07 bits per heavy atom. The van der Waals surface area contributed by atoms with Crippen molar-refractivity contribution in [1.82, 2.24) is 9.97 Å². The van der Waals surface area contributed by atoms with E-state index in [9.17, 15) is 0 Å². The second kappa shape index (κ2) is 12.0. The Labute approximate surface area is 332 Å². The van der Waals surface area contributed by atoms with E-state index in [0.29, 0.717) is 0 Å². The van der Waals surface area contributed by atoms with Gasteiger partial charge in [0.25, 0.3) is 0 Å². The molecule has 0 saturated heterocycles. The normalized spacial score (nSPS) is 20.3. The summed E-state index contributed by atoms with van der Waals surface area (Å²) < 4.78 is 0. The summed E-state index contributed by atoms with van der Waals surface area (Å²) in [5, 5.41) is 2.45. The number of fused-ring (bicyclic) bond motifs is 16. The number of hydrogen-bond donors (Lipinski definition) is 0. The van der Waals surface area contributed by atoms with E-state index in [2.05, 4.69) is 191 Å². The van der Waals surface area contributed by atoms with E-state index < -0.39 is 0 Å². The average molecular weight is 737 g/mol. The van der Waals surface area contributed by atoms with Crippen LogP contribution in [0.15, 0.2) is 164 Å². The molecule has 4 unspecified atom stereocenters. The van der Waals surface area contributed by atoms with E-state index in [4.69, 9.17) is 16.5 Å². The molecule has 274 valence electrons. The van der Waals surface area contributed by atoms with Crippen molar-refractivity contribution in [2.75, 3.05) is 19.6 Å². The first-order valence-corrected chi connectivity index (χ1v) is 20.0. The second-order valence-electron chi connectivity index (χ2n) is 16.1. The zero-order valence-electron chi connectivity index (χ0n) is 31.9. The lowest BCUT2D eigenvalue weighted by molar-refractivity contribution is 0.290. The molecule has 4 aliphatic rings. The maximum absolute atomic E-state index is 5.48. The monoisotopic (exact) mass is 736 g/mol. The van der Waals surface area contributed by atoms with Gasteiger partial charge >= 0.3 is 0 Å². The van der Waals surface area contributed by atoms with Crippen molar-refractivity contribution in [2.45, 2.75) is 38.5 Å². The summed E-state index contributed by atoms with van der Waals surface area (Å²) in [5.74, 6) is 1.86. The third kappa shape index (κ3) is 4.64. The fourth-order valence-electron chi connectivity index (χ4n) is 10.3. The summed E-state index contributed by atoms with van der Waals surface area (Å²) in [5.41, 5.74) is 15.0. The van der Waals surface area contributed by atoms with Gasteiger partial charge in [-0.15, -0.1) is 0 Å². The molecule has 0 spiro atoms. The fraction of sp³-hybridized carbons (Fsp3) is 0.137. The lowest BCUT2D eigenvalue weighted by Crippen LogP contribution is -2.60. The van der Waals surface area contributed by atoms with Crippen molar-refractivity contribution in [2.24, 2.45) is 5.92 Å². The van der Waals surface area contributed by atoms with Crippen LogP contribution in [0.1, 0.15) is 34.6 Å². The van der Waals surface area contributed by atoms with Crippen molar-refractivity contribution in [3.8, 4) is 0 Å². The number of rotatable bonds is 2. The summed E-state index contributed by atoms with van der Waals surface area (Å²) in [6.45, 7) is 9.28. The first kappa shape index (κ1) is 32.3. The maximum Gasteiger partial charge on any atom is 0.179 e. The van der Waals surface area contributed by atoms with Gasteiger partial charge < -0.3 is 19.6 Å². The van der Waals surface area contributed by atoms with Crippen molar-refractivity contribution in [1.29, 1.82) is 0 Å². The zero-order chi connectivity index (χ0) is 37.9. The van der Waals surface area contributed by atoms with Gasteiger partial charge in [0.2, 0.25) is 0 Å². The molecule has 8 aromatic rings. The highest BCUT2D eigenvalue weighted by molar-refractivity contribution is 6.01. The van der Waals surface area contributed by atoms with Crippen LogP contribution in [0.3, 0.4) is 0 Å². The number of benzene rings is 7. The maximum atomic E-state index is 5.48. The Bertz CT molecular complexity index is 2940. The topological polar surface area (TPSA) is 38.7 Å². The van der Waals surface area contributed by atoms with E-state index in [0.717, 1.165) is 40.4 Å². The molecule has 57 heavy (non-hydrogen) atoms. The largest absolute Gasteiger partial charge is 0.318 e. The molecular weight excluding hydrogens is 697 g/mol. The Kier molecular flexibility index (Phi) is 6.83.